The Hall–Kier alpha value is -1.87. The van der Waals surface area contributed by atoms with E-state index in [0.717, 1.165) is 19.6 Å². The van der Waals surface area contributed by atoms with E-state index in [1.54, 1.807) is 0 Å². The molecule has 4 aromatic rings. The van der Waals surface area contributed by atoms with Crippen LogP contribution in [0.5, 0.6) is 0 Å². The number of nitrogens with one attached hydrogen (secondary N) is 2. The molecule has 23 heavy (non-hydrogen) atoms. The van der Waals surface area contributed by atoms with Gasteiger partial charge in [-0.05, 0) is 37.9 Å². The summed E-state index contributed by atoms with van der Waals surface area (Å²) in [5, 5.41) is 15.4. The van der Waals surface area contributed by atoms with Crippen LogP contribution in [0.25, 0.3) is 32.3 Å². The second-order valence-corrected chi connectivity index (χ2v) is 6.22. The van der Waals surface area contributed by atoms with Gasteiger partial charge in [-0.3, -0.25) is 0 Å². The summed E-state index contributed by atoms with van der Waals surface area (Å²) in [6.07, 6.45) is 0. The molecular formula is C20H19ClN2. The van der Waals surface area contributed by atoms with Crippen LogP contribution in [0.2, 0.25) is 0 Å². The molecule has 4 aromatic carbocycles. The largest absolute Gasteiger partial charge is 0.314 e. The van der Waals surface area contributed by atoms with Crippen LogP contribution >= 0.6 is 12.4 Å². The average molecular weight is 323 g/mol. The van der Waals surface area contributed by atoms with Crippen LogP contribution in [-0.2, 0) is 0 Å². The van der Waals surface area contributed by atoms with Crippen molar-refractivity contribution in [2.24, 2.45) is 0 Å². The van der Waals surface area contributed by atoms with Crippen LogP contribution in [-0.4, -0.2) is 19.6 Å². The SMILES string of the molecule is Cl.c1cc2ccc3ccc([C@@H]4CNCCN4)c4ccc(c1)c2c34. The lowest BCUT2D eigenvalue weighted by Crippen LogP contribution is -2.42. The summed E-state index contributed by atoms with van der Waals surface area (Å²) in [5.41, 5.74) is 1.41. The van der Waals surface area contributed by atoms with Crippen molar-refractivity contribution < 1.29 is 0 Å². The van der Waals surface area contributed by atoms with Crippen molar-refractivity contribution in [3.05, 3.63) is 60.2 Å². The number of benzene rings is 4. The zero-order valence-electron chi connectivity index (χ0n) is 12.8. The highest BCUT2D eigenvalue weighted by atomic mass is 35.5. The van der Waals surface area contributed by atoms with E-state index in [0.29, 0.717) is 6.04 Å². The molecular weight excluding hydrogens is 304 g/mol. The molecule has 3 heteroatoms. The zero-order valence-corrected chi connectivity index (χ0v) is 13.6. The molecule has 0 amide bonds. The molecule has 0 unspecified atom stereocenters. The van der Waals surface area contributed by atoms with Crippen LogP contribution < -0.4 is 10.6 Å². The highest BCUT2D eigenvalue weighted by molar-refractivity contribution is 6.23. The maximum atomic E-state index is 3.65. The summed E-state index contributed by atoms with van der Waals surface area (Å²) in [7, 11) is 0. The van der Waals surface area contributed by atoms with Gasteiger partial charge in [0.05, 0.1) is 0 Å². The molecule has 5 rings (SSSR count). The topological polar surface area (TPSA) is 24.1 Å². The van der Waals surface area contributed by atoms with Gasteiger partial charge in [0.25, 0.3) is 0 Å². The Balaban J connectivity index is 0.00000135. The van der Waals surface area contributed by atoms with Gasteiger partial charge >= 0.3 is 0 Å². The van der Waals surface area contributed by atoms with Crippen molar-refractivity contribution in [1.29, 1.82) is 0 Å². The monoisotopic (exact) mass is 322 g/mol. The van der Waals surface area contributed by atoms with Crippen LogP contribution in [0.1, 0.15) is 11.6 Å². The molecule has 2 N–H and O–H groups in total. The molecule has 1 aliphatic heterocycles. The second-order valence-electron chi connectivity index (χ2n) is 6.22. The molecule has 0 aliphatic carbocycles. The molecule has 0 saturated carbocycles. The number of piperazine rings is 1. The van der Waals surface area contributed by atoms with Gasteiger partial charge < -0.3 is 10.6 Å². The Morgan fingerprint density at radius 2 is 1.43 bits per heavy atom. The van der Waals surface area contributed by atoms with E-state index in [4.69, 9.17) is 0 Å². The fraction of sp³-hybridized carbons (Fsp3) is 0.200. The molecule has 0 bridgehead atoms. The third-order valence-electron chi connectivity index (χ3n) is 4.98. The van der Waals surface area contributed by atoms with Crippen molar-refractivity contribution in [3.63, 3.8) is 0 Å². The molecule has 0 radical (unpaired) electrons. The third-order valence-corrected chi connectivity index (χ3v) is 4.98. The number of rotatable bonds is 1. The maximum Gasteiger partial charge on any atom is 0.0453 e. The first-order valence-corrected chi connectivity index (χ1v) is 8.02. The van der Waals surface area contributed by atoms with Crippen molar-refractivity contribution in [2.75, 3.05) is 19.6 Å². The summed E-state index contributed by atoms with van der Waals surface area (Å²) in [4.78, 5) is 0. The molecule has 0 spiro atoms. The molecule has 2 nitrogen and oxygen atoms in total. The van der Waals surface area contributed by atoms with E-state index in [1.165, 1.54) is 37.9 Å². The summed E-state index contributed by atoms with van der Waals surface area (Å²) >= 11 is 0. The van der Waals surface area contributed by atoms with Crippen LogP contribution in [0.15, 0.2) is 54.6 Å². The predicted molar refractivity (Wildman–Crippen MR) is 101 cm³/mol. The van der Waals surface area contributed by atoms with Gasteiger partial charge in [0.2, 0.25) is 0 Å². The van der Waals surface area contributed by atoms with E-state index in [2.05, 4.69) is 65.2 Å². The van der Waals surface area contributed by atoms with Crippen molar-refractivity contribution in [2.45, 2.75) is 6.04 Å². The van der Waals surface area contributed by atoms with Gasteiger partial charge in [-0.1, -0.05) is 54.6 Å². The molecule has 1 saturated heterocycles. The summed E-state index contributed by atoms with van der Waals surface area (Å²) in [6, 6.07) is 20.6. The van der Waals surface area contributed by atoms with E-state index < -0.39 is 0 Å². The molecule has 1 atom stereocenters. The quantitative estimate of drug-likeness (QED) is 0.512. The Bertz CT molecular complexity index is 957. The fourth-order valence-corrected chi connectivity index (χ4v) is 3.94. The normalized spacial score (nSPS) is 18.5. The van der Waals surface area contributed by atoms with Crippen molar-refractivity contribution >= 4 is 44.7 Å². The molecule has 1 aliphatic rings. The van der Waals surface area contributed by atoms with Crippen LogP contribution in [0, 0.1) is 0 Å². The average Bonchev–Trinajstić information content (AvgIpc) is 2.60. The van der Waals surface area contributed by atoms with E-state index >= 15 is 0 Å². The predicted octanol–water partition coefficient (Wildman–Crippen LogP) is 4.24. The fourth-order valence-electron chi connectivity index (χ4n) is 3.94. The lowest BCUT2D eigenvalue weighted by atomic mass is 9.89. The lowest BCUT2D eigenvalue weighted by molar-refractivity contribution is 0.432. The second kappa shape index (κ2) is 5.64. The Labute approximate surface area is 141 Å². The van der Waals surface area contributed by atoms with Gasteiger partial charge in [-0.2, -0.15) is 0 Å². The Morgan fingerprint density at radius 1 is 0.739 bits per heavy atom. The minimum atomic E-state index is 0. The van der Waals surface area contributed by atoms with Crippen molar-refractivity contribution in [1.82, 2.24) is 10.6 Å². The molecule has 1 fully saturated rings. The highest BCUT2D eigenvalue weighted by Gasteiger charge is 2.18. The first kappa shape index (κ1) is 14.7. The van der Waals surface area contributed by atoms with E-state index in [1.807, 2.05) is 0 Å². The highest BCUT2D eigenvalue weighted by Crippen LogP contribution is 2.37. The number of hydrogen-bond acceptors (Lipinski definition) is 2. The van der Waals surface area contributed by atoms with Crippen LogP contribution in [0.4, 0.5) is 0 Å². The standard InChI is InChI=1S/C20H18N2.ClH/c1-2-13-4-5-15-6-8-16(18-12-21-10-11-22-18)17-9-7-14(3-1)19(13)20(15)17;/h1-9,18,21-22H,10-12H2;1H/t18-;/m0./s1. The molecule has 116 valence electrons. The van der Waals surface area contributed by atoms with Crippen LogP contribution in [0.3, 0.4) is 0 Å². The Kier molecular flexibility index (Phi) is 3.61. The molecule has 1 heterocycles. The van der Waals surface area contributed by atoms with Gasteiger partial charge in [0.1, 0.15) is 0 Å². The minimum absolute atomic E-state index is 0. The Morgan fingerprint density at radius 3 is 2.17 bits per heavy atom. The third kappa shape index (κ3) is 2.18. The summed E-state index contributed by atoms with van der Waals surface area (Å²) in [5.74, 6) is 0. The minimum Gasteiger partial charge on any atom is -0.314 e. The smallest absolute Gasteiger partial charge is 0.0453 e. The van der Waals surface area contributed by atoms with Crippen molar-refractivity contribution in [3.8, 4) is 0 Å². The van der Waals surface area contributed by atoms with Gasteiger partial charge in [0, 0.05) is 25.7 Å². The van der Waals surface area contributed by atoms with E-state index in [-0.39, 0.29) is 12.4 Å². The van der Waals surface area contributed by atoms with E-state index in [9.17, 15) is 0 Å². The summed E-state index contributed by atoms with van der Waals surface area (Å²) < 4.78 is 0. The summed E-state index contributed by atoms with van der Waals surface area (Å²) in [6.45, 7) is 3.10. The lowest BCUT2D eigenvalue weighted by Gasteiger charge is -2.26. The van der Waals surface area contributed by atoms with Gasteiger partial charge in [-0.25, -0.2) is 0 Å². The van der Waals surface area contributed by atoms with Gasteiger partial charge in [0.15, 0.2) is 0 Å². The first-order chi connectivity index (χ1) is 10.9. The molecule has 0 aromatic heterocycles. The van der Waals surface area contributed by atoms with Gasteiger partial charge in [-0.15, -0.1) is 12.4 Å². The first-order valence-electron chi connectivity index (χ1n) is 8.02. The number of halogens is 1. The maximum absolute atomic E-state index is 3.65. The zero-order chi connectivity index (χ0) is 14.5. The number of hydrogen-bond donors (Lipinski definition) is 2.